The first kappa shape index (κ1) is 14.6. The molecule has 0 saturated heterocycles. The van der Waals surface area contributed by atoms with Crippen molar-refractivity contribution in [3.05, 3.63) is 11.8 Å². The topological polar surface area (TPSA) is 172 Å². The van der Waals surface area contributed by atoms with Crippen LogP contribution in [0.1, 0.15) is 10.4 Å². The average Bonchev–Trinajstić information content (AvgIpc) is 2.63. The van der Waals surface area contributed by atoms with Crippen molar-refractivity contribution in [2.45, 2.75) is 5.03 Å². The zero-order chi connectivity index (χ0) is 14.0. The third-order valence-electron chi connectivity index (χ3n) is 1.78. The average molecular weight is 298 g/mol. The van der Waals surface area contributed by atoms with Gasteiger partial charge in [0.2, 0.25) is 10.0 Å². The van der Waals surface area contributed by atoms with Gasteiger partial charge in [-0.15, -0.1) is 0 Å². The van der Waals surface area contributed by atoms with Crippen LogP contribution in [0.5, 0.6) is 0 Å². The molecule has 0 atom stereocenters. The number of aromatic carboxylic acids is 1. The lowest BCUT2D eigenvalue weighted by Gasteiger charge is -2.04. The van der Waals surface area contributed by atoms with Crippen molar-refractivity contribution in [2.75, 3.05) is 12.3 Å². The second-order valence-electron chi connectivity index (χ2n) is 3.18. The Bertz CT molecular complexity index is 645. The van der Waals surface area contributed by atoms with Gasteiger partial charge in [0.05, 0.1) is 11.9 Å². The van der Waals surface area contributed by atoms with Gasteiger partial charge in [-0.05, 0) is 0 Å². The van der Waals surface area contributed by atoms with E-state index in [2.05, 4.69) is 10.2 Å². The highest BCUT2D eigenvalue weighted by molar-refractivity contribution is 7.90. The Hall–Kier alpha value is -1.50. The highest BCUT2D eigenvalue weighted by Crippen LogP contribution is 2.11. The van der Waals surface area contributed by atoms with E-state index in [4.69, 9.17) is 5.11 Å². The number of carboxylic acid groups (broad SMARTS) is 1. The first-order chi connectivity index (χ1) is 8.13. The van der Waals surface area contributed by atoms with Crippen LogP contribution in [-0.4, -0.2) is 50.4 Å². The van der Waals surface area contributed by atoms with Crippen LogP contribution in [0.15, 0.2) is 11.2 Å². The fraction of sp³-hybridized carbons (Fsp3) is 0.333. The molecule has 0 amide bonds. The van der Waals surface area contributed by atoms with Crippen LogP contribution in [0.4, 0.5) is 0 Å². The van der Waals surface area contributed by atoms with E-state index in [1.54, 1.807) is 0 Å². The molecule has 0 bridgehead atoms. The normalized spacial score (nSPS) is 12.5. The summed E-state index contributed by atoms with van der Waals surface area (Å²) >= 11 is 0. The number of aromatic nitrogens is 2. The number of nitrogens with two attached hydrogens (primary N) is 1. The predicted molar refractivity (Wildman–Crippen MR) is 58.7 cm³/mol. The number of hydrogen-bond acceptors (Lipinski definition) is 6. The molecule has 0 aliphatic rings. The van der Waals surface area contributed by atoms with Crippen LogP contribution in [-0.2, 0) is 20.0 Å². The first-order valence-corrected chi connectivity index (χ1v) is 7.60. The SMILES string of the molecule is NS(=O)(=O)CCNS(=O)(=O)c1[nH]ncc1C(=O)O. The van der Waals surface area contributed by atoms with E-state index >= 15 is 0 Å². The van der Waals surface area contributed by atoms with Crippen molar-refractivity contribution in [2.24, 2.45) is 5.14 Å². The molecule has 0 fully saturated rings. The Morgan fingerprint density at radius 2 is 2.06 bits per heavy atom. The standard InChI is InChI=1S/C6H10N4O6S2/c7-17(13,14)2-1-9-18(15,16)5-4(6(11)12)3-8-10-5/h3,9H,1-2H2,(H,8,10)(H,11,12)(H2,7,13,14). The number of nitrogens with one attached hydrogen (secondary N) is 2. The minimum Gasteiger partial charge on any atom is -0.478 e. The van der Waals surface area contributed by atoms with E-state index in [1.807, 2.05) is 9.82 Å². The summed E-state index contributed by atoms with van der Waals surface area (Å²) in [5.41, 5.74) is -0.543. The molecule has 1 rings (SSSR count). The molecule has 12 heteroatoms. The summed E-state index contributed by atoms with van der Waals surface area (Å²) in [6.07, 6.45) is 0.830. The van der Waals surface area contributed by atoms with Gasteiger partial charge in [-0.2, -0.15) is 5.10 Å². The fourth-order valence-electron chi connectivity index (χ4n) is 1.02. The molecule has 102 valence electrons. The molecule has 1 heterocycles. The molecule has 18 heavy (non-hydrogen) atoms. The maximum atomic E-state index is 11.6. The van der Waals surface area contributed by atoms with Crippen LogP contribution >= 0.6 is 0 Å². The van der Waals surface area contributed by atoms with Crippen molar-refractivity contribution in [1.29, 1.82) is 0 Å². The van der Waals surface area contributed by atoms with Crippen LogP contribution in [0, 0.1) is 0 Å². The van der Waals surface area contributed by atoms with Gasteiger partial charge in [0.15, 0.2) is 5.03 Å². The lowest BCUT2D eigenvalue weighted by Crippen LogP contribution is -2.32. The molecular weight excluding hydrogens is 288 g/mol. The second kappa shape index (κ2) is 5.01. The molecule has 1 aromatic rings. The van der Waals surface area contributed by atoms with E-state index in [-0.39, 0.29) is 0 Å². The van der Waals surface area contributed by atoms with Gasteiger partial charge < -0.3 is 5.11 Å². The van der Waals surface area contributed by atoms with E-state index in [0.29, 0.717) is 0 Å². The number of aromatic amines is 1. The molecule has 0 spiro atoms. The zero-order valence-electron chi connectivity index (χ0n) is 8.82. The molecule has 5 N–H and O–H groups in total. The molecule has 0 aliphatic carbocycles. The fourth-order valence-corrected chi connectivity index (χ4v) is 2.66. The van der Waals surface area contributed by atoms with Crippen LogP contribution in [0.25, 0.3) is 0 Å². The number of sulfonamides is 2. The van der Waals surface area contributed by atoms with Gasteiger partial charge in [-0.3, -0.25) is 5.10 Å². The van der Waals surface area contributed by atoms with Gasteiger partial charge in [0.1, 0.15) is 5.56 Å². The predicted octanol–water partition coefficient (Wildman–Crippen LogP) is -2.33. The van der Waals surface area contributed by atoms with Crippen molar-refractivity contribution in [3.8, 4) is 0 Å². The first-order valence-electron chi connectivity index (χ1n) is 4.40. The molecule has 1 aromatic heterocycles. The number of rotatable bonds is 6. The summed E-state index contributed by atoms with van der Waals surface area (Å²) in [7, 11) is -7.99. The molecule has 0 aliphatic heterocycles. The number of H-pyrrole nitrogens is 1. The molecular formula is C6H10N4O6S2. The smallest absolute Gasteiger partial charge is 0.340 e. The Morgan fingerprint density at radius 3 is 2.56 bits per heavy atom. The number of carboxylic acids is 1. The highest BCUT2D eigenvalue weighted by atomic mass is 32.2. The summed E-state index contributed by atoms with van der Waals surface area (Å²) in [4.78, 5) is 10.7. The maximum absolute atomic E-state index is 11.6. The van der Waals surface area contributed by atoms with Crippen molar-refractivity contribution >= 4 is 26.0 Å². The van der Waals surface area contributed by atoms with Crippen LogP contribution < -0.4 is 9.86 Å². The summed E-state index contributed by atoms with van der Waals surface area (Å²) in [6, 6.07) is 0. The maximum Gasteiger partial charge on any atom is 0.340 e. The van der Waals surface area contributed by atoms with Crippen molar-refractivity contribution in [3.63, 3.8) is 0 Å². The Balaban J connectivity index is 2.87. The summed E-state index contributed by atoms with van der Waals surface area (Å²) in [6.45, 7) is -0.473. The summed E-state index contributed by atoms with van der Waals surface area (Å²) in [5.74, 6) is -2.08. The van der Waals surface area contributed by atoms with E-state index < -0.39 is 48.9 Å². The van der Waals surface area contributed by atoms with Gasteiger partial charge in [0.25, 0.3) is 10.0 Å². The van der Waals surface area contributed by atoms with Gasteiger partial charge in [0, 0.05) is 6.54 Å². The van der Waals surface area contributed by atoms with Gasteiger partial charge in [-0.1, -0.05) is 0 Å². The second-order valence-corrected chi connectivity index (χ2v) is 6.62. The third-order valence-corrected chi connectivity index (χ3v) is 3.99. The van der Waals surface area contributed by atoms with E-state index in [9.17, 15) is 21.6 Å². The van der Waals surface area contributed by atoms with Gasteiger partial charge >= 0.3 is 5.97 Å². The Kier molecular flexibility index (Phi) is 4.05. The summed E-state index contributed by atoms with van der Waals surface area (Å²) in [5, 5.41) is 18.1. The number of carbonyl (C=O) groups is 1. The molecule has 0 aromatic carbocycles. The van der Waals surface area contributed by atoms with E-state index in [0.717, 1.165) is 6.20 Å². The summed E-state index contributed by atoms with van der Waals surface area (Å²) < 4.78 is 46.4. The van der Waals surface area contributed by atoms with Crippen LogP contribution in [0.3, 0.4) is 0 Å². The van der Waals surface area contributed by atoms with Gasteiger partial charge in [-0.25, -0.2) is 31.5 Å². The molecule has 0 saturated carbocycles. The van der Waals surface area contributed by atoms with Crippen molar-refractivity contribution in [1.82, 2.24) is 14.9 Å². The monoisotopic (exact) mass is 298 g/mol. The quantitative estimate of drug-likeness (QED) is 0.456. The lowest BCUT2D eigenvalue weighted by molar-refractivity contribution is 0.0692. The van der Waals surface area contributed by atoms with Crippen LogP contribution in [0.2, 0.25) is 0 Å². The largest absolute Gasteiger partial charge is 0.478 e. The molecule has 0 unspecified atom stereocenters. The number of primary sulfonamides is 1. The number of nitrogens with zero attached hydrogens (tertiary/aromatic N) is 1. The third kappa shape index (κ3) is 3.76. The van der Waals surface area contributed by atoms with E-state index in [1.165, 1.54) is 0 Å². The molecule has 10 nitrogen and oxygen atoms in total. The Morgan fingerprint density at radius 1 is 1.44 bits per heavy atom. The molecule has 0 radical (unpaired) electrons. The van der Waals surface area contributed by atoms with Crippen molar-refractivity contribution < 1.29 is 26.7 Å². The highest BCUT2D eigenvalue weighted by Gasteiger charge is 2.24. The Labute approximate surface area is 102 Å². The lowest BCUT2D eigenvalue weighted by atomic mass is 10.4. The minimum atomic E-state index is -4.18. The minimum absolute atomic E-state index is 0.473. The zero-order valence-corrected chi connectivity index (χ0v) is 10.5. The number of hydrogen-bond donors (Lipinski definition) is 4.